The number of carbonyl (C=O) groups excluding carboxylic acids is 1. The van der Waals surface area contributed by atoms with Crippen molar-refractivity contribution in [3.05, 3.63) is 71.0 Å². The Balaban J connectivity index is 1.34. The summed E-state index contributed by atoms with van der Waals surface area (Å²) >= 11 is 1.58. The number of morpholine rings is 1. The van der Waals surface area contributed by atoms with E-state index in [0.29, 0.717) is 6.54 Å². The summed E-state index contributed by atoms with van der Waals surface area (Å²) in [6, 6.07) is 12.3. The summed E-state index contributed by atoms with van der Waals surface area (Å²) in [5, 5.41) is 5.85. The van der Waals surface area contributed by atoms with Gasteiger partial charge in [0.2, 0.25) is 5.91 Å². The highest BCUT2D eigenvalue weighted by Gasteiger charge is 2.13. The van der Waals surface area contributed by atoms with E-state index < -0.39 is 0 Å². The Bertz CT molecular complexity index is 939. The van der Waals surface area contributed by atoms with E-state index in [2.05, 4.69) is 44.5 Å². The summed E-state index contributed by atoms with van der Waals surface area (Å²) in [5.74, 6) is -0.0280. The third kappa shape index (κ3) is 5.69. The van der Waals surface area contributed by atoms with Crippen molar-refractivity contribution in [3.63, 3.8) is 0 Å². The molecule has 4 rings (SSSR count). The van der Waals surface area contributed by atoms with E-state index in [1.807, 2.05) is 17.5 Å². The van der Waals surface area contributed by atoms with Crippen LogP contribution in [0.1, 0.15) is 16.8 Å². The van der Waals surface area contributed by atoms with Gasteiger partial charge in [-0.2, -0.15) is 0 Å². The number of rotatable bonds is 7. The molecule has 1 aliphatic heterocycles. The first-order chi connectivity index (χ1) is 14.3. The normalized spacial score (nSPS) is 14.6. The fraction of sp³-hybridized carbons (Fsp3) is 0.318. The van der Waals surface area contributed by atoms with Crippen LogP contribution in [0.2, 0.25) is 0 Å². The van der Waals surface area contributed by atoms with Crippen LogP contribution < -0.4 is 5.32 Å². The molecule has 0 unspecified atom stereocenters. The second-order valence-corrected chi connectivity index (χ2v) is 7.90. The number of hydrogen-bond donors (Lipinski definition) is 1. The number of nitrogens with zero attached hydrogens (tertiary/aromatic N) is 3. The Kier molecular flexibility index (Phi) is 6.61. The maximum absolute atomic E-state index is 12.2. The van der Waals surface area contributed by atoms with Crippen LogP contribution in [0.15, 0.2) is 54.2 Å². The van der Waals surface area contributed by atoms with Crippen LogP contribution in [-0.4, -0.2) is 47.1 Å². The summed E-state index contributed by atoms with van der Waals surface area (Å²) in [6.07, 6.45) is 3.73. The van der Waals surface area contributed by atoms with E-state index in [4.69, 9.17) is 4.74 Å². The molecule has 150 valence electrons. The summed E-state index contributed by atoms with van der Waals surface area (Å²) in [4.78, 5) is 23.3. The quantitative estimate of drug-likeness (QED) is 0.651. The Morgan fingerprint density at radius 3 is 2.79 bits per heavy atom. The molecule has 3 heterocycles. The predicted molar refractivity (Wildman–Crippen MR) is 113 cm³/mol. The van der Waals surface area contributed by atoms with Crippen LogP contribution in [0.25, 0.3) is 10.6 Å². The molecule has 6 nitrogen and oxygen atoms in total. The lowest BCUT2D eigenvalue weighted by molar-refractivity contribution is -0.120. The number of hydrogen-bond acceptors (Lipinski definition) is 6. The molecular formula is C22H24N4O2S. The zero-order valence-electron chi connectivity index (χ0n) is 16.2. The Hall–Kier alpha value is -2.61. The largest absolute Gasteiger partial charge is 0.379 e. The van der Waals surface area contributed by atoms with E-state index in [-0.39, 0.29) is 12.3 Å². The van der Waals surface area contributed by atoms with Gasteiger partial charge in [-0.15, -0.1) is 11.3 Å². The molecule has 1 N–H and O–H groups in total. The number of thiazole rings is 1. The average Bonchev–Trinajstić information content (AvgIpc) is 3.22. The number of ether oxygens (including phenoxy) is 1. The molecule has 1 aromatic carbocycles. The molecule has 0 atom stereocenters. The molecule has 1 aliphatic rings. The molecule has 0 aliphatic carbocycles. The Morgan fingerprint density at radius 1 is 1.14 bits per heavy atom. The van der Waals surface area contributed by atoms with Crippen molar-refractivity contribution in [1.29, 1.82) is 0 Å². The van der Waals surface area contributed by atoms with Crippen LogP contribution in [0, 0.1) is 0 Å². The molecule has 1 amide bonds. The first-order valence-corrected chi connectivity index (χ1v) is 10.6. The molecule has 1 fully saturated rings. The fourth-order valence-corrected chi connectivity index (χ4v) is 4.09. The van der Waals surface area contributed by atoms with E-state index in [1.165, 1.54) is 5.56 Å². The first kappa shape index (κ1) is 19.7. The third-order valence-electron chi connectivity index (χ3n) is 4.82. The molecule has 2 aromatic heterocycles. The van der Waals surface area contributed by atoms with Gasteiger partial charge in [0.25, 0.3) is 0 Å². The van der Waals surface area contributed by atoms with Gasteiger partial charge >= 0.3 is 0 Å². The van der Waals surface area contributed by atoms with Gasteiger partial charge in [-0.05, 0) is 29.3 Å². The van der Waals surface area contributed by atoms with E-state index in [9.17, 15) is 4.79 Å². The molecule has 1 saturated heterocycles. The monoisotopic (exact) mass is 408 g/mol. The number of pyridine rings is 1. The number of benzene rings is 1. The van der Waals surface area contributed by atoms with Crippen LogP contribution in [0.3, 0.4) is 0 Å². The van der Waals surface area contributed by atoms with Gasteiger partial charge in [-0.3, -0.25) is 14.7 Å². The lowest BCUT2D eigenvalue weighted by atomic mass is 10.1. The molecule has 0 spiro atoms. The molecular weight excluding hydrogens is 384 g/mol. The van der Waals surface area contributed by atoms with Crippen LogP contribution in [-0.2, 0) is 29.0 Å². The van der Waals surface area contributed by atoms with Crippen molar-refractivity contribution < 1.29 is 9.53 Å². The van der Waals surface area contributed by atoms with Crippen LogP contribution in [0.4, 0.5) is 0 Å². The van der Waals surface area contributed by atoms with Crippen LogP contribution >= 0.6 is 11.3 Å². The highest BCUT2D eigenvalue weighted by atomic mass is 32.1. The minimum atomic E-state index is -0.0280. The van der Waals surface area contributed by atoms with E-state index in [1.54, 1.807) is 23.7 Å². The lowest BCUT2D eigenvalue weighted by Crippen LogP contribution is -2.35. The van der Waals surface area contributed by atoms with Crippen molar-refractivity contribution in [2.75, 3.05) is 26.3 Å². The van der Waals surface area contributed by atoms with E-state index >= 15 is 0 Å². The van der Waals surface area contributed by atoms with Crippen molar-refractivity contribution >= 4 is 17.2 Å². The maximum atomic E-state index is 12.2. The van der Waals surface area contributed by atoms with Gasteiger partial charge in [0.15, 0.2) is 0 Å². The molecule has 7 heteroatoms. The smallest absolute Gasteiger partial charge is 0.226 e. The van der Waals surface area contributed by atoms with Gasteiger partial charge in [0.1, 0.15) is 5.01 Å². The standard InChI is InChI=1S/C22H24N4O2S/c27-21(24-14-17-4-6-23-7-5-17)13-20-16-29-22(25-20)19-3-1-2-18(12-19)15-26-8-10-28-11-9-26/h1-7,12,16H,8-11,13-15H2,(H,24,27). The molecule has 0 bridgehead atoms. The minimum Gasteiger partial charge on any atom is -0.379 e. The highest BCUT2D eigenvalue weighted by Crippen LogP contribution is 2.25. The molecule has 3 aromatic rings. The third-order valence-corrected chi connectivity index (χ3v) is 5.76. The maximum Gasteiger partial charge on any atom is 0.226 e. The Labute approximate surface area is 174 Å². The zero-order valence-corrected chi connectivity index (χ0v) is 17.0. The lowest BCUT2D eigenvalue weighted by Gasteiger charge is -2.26. The number of nitrogens with one attached hydrogen (secondary N) is 1. The topological polar surface area (TPSA) is 67.4 Å². The number of amides is 1. The summed E-state index contributed by atoms with van der Waals surface area (Å²) in [6.45, 7) is 4.98. The molecule has 0 saturated carbocycles. The van der Waals surface area contributed by atoms with E-state index in [0.717, 1.165) is 54.7 Å². The average molecular weight is 409 g/mol. The van der Waals surface area contributed by atoms with Gasteiger partial charge < -0.3 is 10.1 Å². The Morgan fingerprint density at radius 2 is 1.97 bits per heavy atom. The van der Waals surface area contributed by atoms with Gasteiger partial charge in [-0.25, -0.2) is 4.98 Å². The highest BCUT2D eigenvalue weighted by molar-refractivity contribution is 7.13. The first-order valence-electron chi connectivity index (χ1n) is 9.76. The van der Waals surface area contributed by atoms with Crippen molar-refractivity contribution in [3.8, 4) is 10.6 Å². The summed E-state index contributed by atoms with van der Waals surface area (Å²) < 4.78 is 5.42. The van der Waals surface area contributed by atoms with Gasteiger partial charge in [-0.1, -0.05) is 18.2 Å². The molecule has 0 radical (unpaired) electrons. The SMILES string of the molecule is O=C(Cc1csc(-c2cccc(CN3CCOCC3)c2)n1)NCc1ccncc1. The van der Waals surface area contributed by atoms with Gasteiger partial charge in [0, 0.05) is 49.5 Å². The number of carbonyl (C=O) groups is 1. The predicted octanol–water partition coefficient (Wildman–Crippen LogP) is 2.90. The van der Waals surface area contributed by atoms with Crippen molar-refractivity contribution in [2.24, 2.45) is 0 Å². The van der Waals surface area contributed by atoms with Crippen molar-refractivity contribution in [2.45, 2.75) is 19.5 Å². The zero-order chi connectivity index (χ0) is 19.9. The number of aromatic nitrogens is 2. The summed E-state index contributed by atoms with van der Waals surface area (Å²) in [7, 11) is 0. The fourth-order valence-electron chi connectivity index (χ4n) is 3.27. The molecule has 29 heavy (non-hydrogen) atoms. The van der Waals surface area contributed by atoms with Crippen LogP contribution in [0.5, 0.6) is 0 Å². The summed E-state index contributed by atoms with van der Waals surface area (Å²) in [5.41, 5.74) is 4.21. The van der Waals surface area contributed by atoms with Crippen molar-refractivity contribution in [1.82, 2.24) is 20.2 Å². The van der Waals surface area contributed by atoms with Gasteiger partial charge in [0.05, 0.1) is 25.3 Å². The minimum absolute atomic E-state index is 0.0280. The second kappa shape index (κ2) is 9.73. The second-order valence-electron chi connectivity index (χ2n) is 7.04.